The molecule has 0 aliphatic rings. The molecule has 2 nitrogen and oxygen atoms in total. The van der Waals surface area contributed by atoms with Crippen LogP contribution in [0.25, 0.3) is 0 Å². The number of hydrogen-bond donors (Lipinski definition) is 1. The Morgan fingerprint density at radius 3 is 2.67 bits per heavy atom. The summed E-state index contributed by atoms with van der Waals surface area (Å²) in [6, 6.07) is 0. The Morgan fingerprint density at radius 2 is 2.33 bits per heavy atom. The van der Waals surface area contributed by atoms with E-state index in [-0.39, 0.29) is 5.92 Å². The van der Waals surface area contributed by atoms with E-state index in [9.17, 15) is 4.79 Å². The summed E-state index contributed by atoms with van der Waals surface area (Å²) in [5, 5.41) is 8.37. The maximum atomic E-state index is 10.2. The van der Waals surface area contributed by atoms with Gasteiger partial charge in [-0.1, -0.05) is 19.6 Å². The van der Waals surface area contributed by atoms with E-state index >= 15 is 0 Å². The van der Waals surface area contributed by atoms with Crippen molar-refractivity contribution in [1.29, 1.82) is 0 Å². The van der Waals surface area contributed by atoms with Crippen LogP contribution in [0.3, 0.4) is 0 Å². The first-order chi connectivity index (χ1) is 4.18. The lowest BCUT2D eigenvalue weighted by Gasteiger charge is -2.01. The predicted octanol–water partition coefficient (Wildman–Crippen LogP) is 1.68. The molecule has 0 aromatic rings. The van der Waals surface area contributed by atoms with Crippen LogP contribution in [-0.4, -0.2) is 16.8 Å². The van der Waals surface area contributed by atoms with E-state index in [0.717, 1.165) is 6.42 Å². The third-order valence-corrected chi connectivity index (χ3v) is 1.49. The molecule has 0 spiro atoms. The fourth-order valence-corrected chi connectivity index (χ4v) is 0.680. The molecule has 0 aliphatic heterocycles. The molecule has 1 atom stereocenters. The summed E-state index contributed by atoms with van der Waals surface area (Å²) >= 11 is 4.66. The number of hydrogen-bond acceptors (Lipinski definition) is 1. The smallest absolute Gasteiger partial charge is 0.306 e. The van der Waals surface area contributed by atoms with E-state index < -0.39 is 5.97 Å². The molecule has 0 heterocycles. The van der Waals surface area contributed by atoms with Gasteiger partial charge in [0.2, 0.25) is 0 Å². The van der Waals surface area contributed by atoms with Crippen LogP contribution >= 0.6 is 12.6 Å². The molecule has 1 unspecified atom stereocenters. The monoisotopic (exact) mass is 147 g/mol. The van der Waals surface area contributed by atoms with Crippen molar-refractivity contribution < 1.29 is 9.90 Å². The van der Waals surface area contributed by atoms with Crippen LogP contribution in [0.4, 0.5) is 0 Å². The molecule has 0 saturated carbocycles. The van der Waals surface area contributed by atoms with Gasteiger partial charge < -0.3 is 5.11 Å². The summed E-state index contributed by atoms with van der Waals surface area (Å²) in [6.45, 7) is 1.70. The average molecular weight is 147 g/mol. The van der Waals surface area contributed by atoms with Crippen molar-refractivity contribution in [2.24, 2.45) is 5.92 Å². The Bertz CT molecular complexity index is 93.1. The van der Waals surface area contributed by atoms with Gasteiger partial charge in [-0.3, -0.25) is 4.79 Å². The summed E-state index contributed by atoms with van der Waals surface area (Å²) in [6.07, 6.45) is 1.54. The zero-order chi connectivity index (χ0) is 7.28. The van der Waals surface area contributed by atoms with Crippen LogP contribution in [0, 0.1) is 5.92 Å². The Morgan fingerprint density at radius 1 is 1.78 bits per heavy atom. The predicted molar refractivity (Wildman–Crippen MR) is 38.5 cm³/mol. The average Bonchev–Trinajstić information content (AvgIpc) is 1.82. The number of carbonyl (C=O) groups is 1. The van der Waals surface area contributed by atoms with Gasteiger partial charge in [-0.25, -0.2) is 0 Å². The van der Waals surface area contributed by atoms with Crippen molar-refractivity contribution in [1.82, 2.24) is 0 Å². The van der Waals surface area contributed by atoms with E-state index in [1.54, 1.807) is 6.92 Å². The first kappa shape index (κ1) is 8.82. The fourth-order valence-electron chi connectivity index (χ4n) is 0.513. The van der Waals surface area contributed by atoms with Gasteiger partial charge in [-0.2, -0.15) is 0 Å². The Kier molecular flexibility index (Phi) is 4.58. The number of rotatable bonds is 4. The highest BCUT2D eigenvalue weighted by Gasteiger charge is 2.08. The van der Waals surface area contributed by atoms with Crippen LogP contribution in [-0.2, 0) is 4.79 Å². The van der Waals surface area contributed by atoms with Crippen LogP contribution in [0.15, 0.2) is 0 Å². The molecule has 53 valence electrons. The minimum Gasteiger partial charge on any atom is -0.481 e. The maximum Gasteiger partial charge on any atom is 0.306 e. The second kappa shape index (κ2) is 4.68. The minimum absolute atomic E-state index is 0.229. The van der Waals surface area contributed by atoms with Gasteiger partial charge >= 0.3 is 5.97 Å². The molecule has 0 aromatic carbocycles. The minimum atomic E-state index is -0.724. The normalized spacial score (nSPS) is 13.1. The highest BCUT2D eigenvalue weighted by Crippen LogP contribution is 2.05. The van der Waals surface area contributed by atoms with Gasteiger partial charge in [-0.15, -0.1) is 0 Å². The quantitative estimate of drug-likeness (QED) is 0.657. The van der Waals surface area contributed by atoms with Crippen LogP contribution in [0.2, 0.25) is 0 Å². The fraction of sp³-hybridized carbons (Fsp3) is 0.833. The van der Waals surface area contributed by atoms with Gasteiger partial charge in [0.15, 0.2) is 0 Å². The topological polar surface area (TPSA) is 37.3 Å². The molecule has 0 amide bonds. The number of aliphatic carboxylic acids is 1. The summed E-state index contributed by atoms with van der Waals surface area (Å²) < 4.78 is 0. The molecule has 9 heavy (non-hydrogen) atoms. The van der Waals surface area contributed by atoms with Crippen LogP contribution in [0.5, 0.6) is 0 Å². The lowest BCUT2D eigenvalue weighted by atomic mass is 10.1. The van der Waals surface area contributed by atoms with Crippen molar-refractivity contribution in [3.63, 3.8) is 0 Å². The Hall–Kier alpha value is -0.180. The molecule has 1 N–H and O–H groups in total. The van der Waals surface area contributed by atoms with Crippen molar-refractivity contribution >= 4 is 18.6 Å². The highest BCUT2D eigenvalue weighted by molar-refractivity contribution is 7.80. The lowest BCUT2D eigenvalue weighted by molar-refractivity contribution is -0.141. The zero-order valence-electron chi connectivity index (χ0n) is 5.46. The molecule has 0 bridgehead atoms. The molecular weight excluding hydrogens is 136 g/mol. The van der Waals surface area contributed by atoms with Crippen molar-refractivity contribution in [2.45, 2.75) is 19.8 Å². The van der Waals surface area contributed by atoms with Crippen molar-refractivity contribution in [3.05, 3.63) is 0 Å². The van der Waals surface area contributed by atoms with Gasteiger partial charge in [0, 0.05) is 5.75 Å². The molecule has 0 aromatic heterocycles. The first-order valence-corrected chi connectivity index (χ1v) is 3.57. The van der Waals surface area contributed by atoms with Gasteiger partial charge in [0.25, 0.3) is 0 Å². The lowest BCUT2D eigenvalue weighted by Crippen LogP contribution is -2.08. The largest absolute Gasteiger partial charge is 0.481 e. The van der Waals surface area contributed by atoms with Crippen molar-refractivity contribution in [2.75, 3.05) is 5.75 Å². The summed E-state index contributed by atoms with van der Waals surface area (Å²) in [5.74, 6) is -0.288. The van der Waals surface area contributed by atoms with E-state index in [1.807, 2.05) is 0 Å². The number of carboxylic acids is 1. The second-order valence-electron chi connectivity index (χ2n) is 2.09. The molecule has 0 fully saturated rings. The van der Waals surface area contributed by atoms with Crippen LogP contribution in [0.1, 0.15) is 19.8 Å². The summed E-state index contributed by atoms with van der Waals surface area (Å²) in [4.78, 5) is 10.2. The SMILES string of the molecule is CC(CCC[S])C(=O)O. The molecule has 0 rings (SSSR count). The molecular formula is C6H11O2S. The second-order valence-corrected chi connectivity index (χ2v) is 2.49. The summed E-state index contributed by atoms with van der Waals surface area (Å²) in [5.41, 5.74) is 0. The van der Waals surface area contributed by atoms with E-state index in [0.29, 0.717) is 12.2 Å². The number of carboxylic acid groups (broad SMARTS) is 1. The van der Waals surface area contributed by atoms with E-state index in [4.69, 9.17) is 5.11 Å². The first-order valence-electron chi connectivity index (χ1n) is 2.99. The van der Waals surface area contributed by atoms with Crippen molar-refractivity contribution in [3.8, 4) is 0 Å². The maximum absolute atomic E-state index is 10.2. The molecule has 1 radical (unpaired) electrons. The van der Waals surface area contributed by atoms with Gasteiger partial charge in [0.05, 0.1) is 5.92 Å². The standard InChI is InChI=1S/C6H11O2S/c1-5(6(7)8)3-2-4-9/h5H,2-4H2,1H3,(H,7,8). The van der Waals surface area contributed by atoms with Gasteiger partial charge in [0.1, 0.15) is 0 Å². The molecule has 0 saturated heterocycles. The zero-order valence-corrected chi connectivity index (χ0v) is 6.28. The summed E-state index contributed by atoms with van der Waals surface area (Å²) in [7, 11) is 0. The Balaban J connectivity index is 3.27. The van der Waals surface area contributed by atoms with Gasteiger partial charge in [-0.05, 0) is 12.8 Å². The van der Waals surface area contributed by atoms with Crippen LogP contribution < -0.4 is 0 Å². The highest BCUT2D eigenvalue weighted by atomic mass is 32.1. The third-order valence-electron chi connectivity index (χ3n) is 1.20. The molecule has 3 heteroatoms. The third kappa shape index (κ3) is 4.33. The molecule has 0 aliphatic carbocycles. The Labute approximate surface area is 60.7 Å². The van der Waals surface area contributed by atoms with E-state index in [1.165, 1.54) is 0 Å². The van der Waals surface area contributed by atoms with E-state index in [2.05, 4.69) is 12.6 Å².